The number of hydrogen-bond donors (Lipinski definition) is 3. The number of hydrogen-bond acceptors (Lipinski definition) is 6. The lowest BCUT2D eigenvalue weighted by Gasteiger charge is -2.31. The second-order valence-corrected chi connectivity index (χ2v) is 6.52. The normalized spacial score (nSPS) is 12.7. The fourth-order valence-corrected chi connectivity index (χ4v) is 1.77. The number of aliphatic hydroxyl groups is 1. The van der Waals surface area contributed by atoms with Crippen LogP contribution >= 0.6 is 0 Å². The largest absolute Gasteiger partial charge is 0.383 e. The van der Waals surface area contributed by atoms with Gasteiger partial charge < -0.3 is 15.2 Å². The molecule has 0 aliphatic carbocycles. The van der Waals surface area contributed by atoms with Gasteiger partial charge in [-0.3, -0.25) is 10.0 Å². The fraction of sp³-hybridized carbons (Fsp3) is 0.800. The number of carbonyl (C=O) groups is 3. The first-order valence-electron chi connectivity index (χ1n) is 7.76. The molecule has 0 aromatic rings. The van der Waals surface area contributed by atoms with Crippen molar-refractivity contribution >= 4 is 18.0 Å². The summed E-state index contributed by atoms with van der Waals surface area (Å²) in [5.74, 6) is -0.926. The zero-order chi connectivity index (χ0) is 19.1. The average molecular weight is 347 g/mol. The van der Waals surface area contributed by atoms with Gasteiger partial charge in [-0.2, -0.15) is 0 Å². The number of aliphatic hydroxyl groups excluding tert-OH is 1. The van der Waals surface area contributed by atoms with Crippen LogP contribution in [0.5, 0.6) is 0 Å². The van der Waals surface area contributed by atoms with Crippen molar-refractivity contribution in [2.75, 3.05) is 20.7 Å². The van der Waals surface area contributed by atoms with Gasteiger partial charge in [-0.25, -0.2) is 14.5 Å². The van der Waals surface area contributed by atoms with E-state index in [2.05, 4.69) is 5.32 Å². The Bertz CT molecular complexity index is 452. The molecular formula is C15H29N3O6. The minimum atomic E-state index is -1.52. The van der Waals surface area contributed by atoms with Gasteiger partial charge in [0.1, 0.15) is 6.10 Å². The molecule has 24 heavy (non-hydrogen) atoms. The number of nitrogens with zero attached hydrogens (tertiary/aromatic N) is 2. The summed E-state index contributed by atoms with van der Waals surface area (Å²) in [4.78, 5) is 36.8. The van der Waals surface area contributed by atoms with Crippen molar-refractivity contribution in [1.29, 1.82) is 0 Å². The van der Waals surface area contributed by atoms with E-state index in [1.165, 1.54) is 14.2 Å². The quantitative estimate of drug-likeness (QED) is 0.470. The van der Waals surface area contributed by atoms with Crippen molar-refractivity contribution < 1.29 is 29.4 Å². The van der Waals surface area contributed by atoms with E-state index in [0.29, 0.717) is 11.3 Å². The summed E-state index contributed by atoms with van der Waals surface area (Å²) in [5.41, 5.74) is -0.887. The Morgan fingerprint density at radius 3 is 2.17 bits per heavy atom. The molecule has 0 spiro atoms. The molecule has 0 saturated carbocycles. The van der Waals surface area contributed by atoms with E-state index < -0.39 is 29.7 Å². The van der Waals surface area contributed by atoms with Crippen LogP contribution in [-0.2, 0) is 9.53 Å². The highest BCUT2D eigenvalue weighted by Gasteiger charge is 2.35. The molecule has 3 N–H and O–H groups in total. The summed E-state index contributed by atoms with van der Waals surface area (Å²) in [7, 11) is 2.72. The number of hydroxylamine groups is 2. The van der Waals surface area contributed by atoms with Gasteiger partial charge in [-0.15, -0.1) is 5.06 Å². The summed E-state index contributed by atoms with van der Waals surface area (Å²) >= 11 is 0. The molecule has 9 nitrogen and oxygen atoms in total. The van der Waals surface area contributed by atoms with Gasteiger partial charge >= 0.3 is 12.1 Å². The van der Waals surface area contributed by atoms with Crippen molar-refractivity contribution in [2.24, 2.45) is 5.92 Å². The molecular weight excluding hydrogens is 318 g/mol. The first-order chi connectivity index (χ1) is 11.0. The molecule has 0 aromatic carbocycles. The van der Waals surface area contributed by atoms with Gasteiger partial charge in [0, 0.05) is 14.2 Å². The maximum absolute atomic E-state index is 12.3. The predicted octanol–water partition coefficient (Wildman–Crippen LogP) is 1.19. The molecule has 0 saturated heterocycles. The Morgan fingerprint density at radius 1 is 1.21 bits per heavy atom. The van der Waals surface area contributed by atoms with E-state index in [9.17, 15) is 24.7 Å². The topological polar surface area (TPSA) is 119 Å². The van der Waals surface area contributed by atoms with Crippen LogP contribution in [0.1, 0.15) is 40.5 Å². The first kappa shape index (κ1) is 22.3. The number of ether oxygens (including phenoxy) is 1. The number of urea groups is 2. The first-order valence-corrected chi connectivity index (χ1v) is 7.76. The number of nitrogens with one attached hydrogen (secondary N) is 1. The lowest BCUT2D eigenvalue weighted by atomic mass is 10.0. The maximum atomic E-state index is 12.3. The number of methoxy groups -OCH3 is 1. The number of imide groups is 2. The summed E-state index contributed by atoms with van der Waals surface area (Å²) in [6.45, 7) is 6.90. The molecule has 0 fully saturated rings. The Balaban J connectivity index is 5.13. The molecule has 140 valence electrons. The lowest BCUT2D eigenvalue weighted by Crippen LogP contribution is -2.55. The second-order valence-electron chi connectivity index (χ2n) is 6.52. The van der Waals surface area contributed by atoms with Crippen LogP contribution in [0.25, 0.3) is 0 Å². The van der Waals surface area contributed by atoms with E-state index in [1.54, 1.807) is 13.8 Å². The van der Waals surface area contributed by atoms with Gasteiger partial charge in [-0.1, -0.05) is 13.8 Å². The van der Waals surface area contributed by atoms with Crippen LogP contribution in [-0.4, -0.2) is 70.7 Å². The molecule has 0 radical (unpaired) electrons. The summed E-state index contributed by atoms with van der Waals surface area (Å²) in [6.07, 6.45) is -0.877. The molecule has 0 aliphatic rings. The Labute approximate surface area is 142 Å². The predicted molar refractivity (Wildman–Crippen MR) is 86.4 cm³/mol. The van der Waals surface area contributed by atoms with Gasteiger partial charge in [0.2, 0.25) is 0 Å². The highest BCUT2D eigenvalue weighted by molar-refractivity contribution is 6.01. The smallest absolute Gasteiger partial charge is 0.359 e. The SMILES string of the molecule is CNC(=O)N(CC(C)(C)OC)C(=O)N(O)C(=O)[C@@H](O)CCC(C)C. The van der Waals surface area contributed by atoms with Crippen molar-refractivity contribution in [3.63, 3.8) is 0 Å². The van der Waals surface area contributed by atoms with Crippen LogP contribution in [0.4, 0.5) is 9.59 Å². The third kappa shape index (κ3) is 6.81. The fourth-order valence-electron chi connectivity index (χ4n) is 1.77. The van der Waals surface area contributed by atoms with Crippen molar-refractivity contribution in [2.45, 2.75) is 52.2 Å². The Kier molecular flexibility index (Phi) is 8.87. The Morgan fingerprint density at radius 2 is 1.75 bits per heavy atom. The second kappa shape index (κ2) is 9.55. The highest BCUT2D eigenvalue weighted by Crippen LogP contribution is 2.14. The molecule has 0 unspecified atom stereocenters. The van der Waals surface area contributed by atoms with E-state index in [0.717, 1.165) is 0 Å². The Hall–Kier alpha value is -1.71. The van der Waals surface area contributed by atoms with Crippen molar-refractivity contribution in [1.82, 2.24) is 15.3 Å². The zero-order valence-electron chi connectivity index (χ0n) is 15.2. The molecule has 0 rings (SSSR count). The van der Waals surface area contributed by atoms with E-state index >= 15 is 0 Å². The van der Waals surface area contributed by atoms with Crippen LogP contribution < -0.4 is 5.32 Å². The maximum Gasteiger partial charge on any atom is 0.359 e. The number of carbonyl (C=O) groups excluding carboxylic acids is 3. The summed E-state index contributed by atoms with van der Waals surface area (Å²) in [5, 5.41) is 21.6. The molecule has 1 atom stereocenters. The number of amides is 5. The van der Waals surface area contributed by atoms with Crippen molar-refractivity contribution in [3.8, 4) is 0 Å². The standard InChI is InChI=1S/C15H29N3O6/c1-10(2)7-8-11(19)12(20)18(23)14(22)17(13(21)16-5)9-15(3,4)24-6/h10-11,19,23H,7-9H2,1-6H3,(H,16,21)/t11-/m0/s1. The summed E-state index contributed by atoms with van der Waals surface area (Å²) in [6, 6.07) is -2.07. The number of rotatable bonds is 7. The minimum Gasteiger partial charge on any atom is -0.383 e. The third-order valence-corrected chi connectivity index (χ3v) is 3.47. The molecule has 0 aliphatic heterocycles. The lowest BCUT2D eigenvalue weighted by molar-refractivity contribution is -0.164. The molecule has 0 heterocycles. The van der Waals surface area contributed by atoms with Crippen LogP contribution in [0, 0.1) is 5.92 Å². The van der Waals surface area contributed by atoms with E-state index in [1.807, 2.05) is 13.8 Å². The highest BCUT2D eigenvalue weighted by atomic mass is 16.5. The van der Waals surface area contributed by atoms with Crippen LogP contribution in [0.15, 0.2) is 0 Å². The zero-order valence-corrected chi connectivity index (χ0v) is 15.2. The third-order valence-electron chi connectivity index (χ3n) is 3.47. The van der Waals surface area contributed by atoms with Crippen LogP contribution in [0.3, 0.4) is 0 Å². The van der Waals surface area contributed by atoms with E-state index in [-0.39, 0.29) is 23.9 Å². The summed E-state index contributed by atoms with van der Waals surface area (Å²) < 4.78 is 5.16. The van der Waals surface area contributed by atoms with Gasteiger partial charge in [-0.05, 0) is 32.6 Å². The molecule has 5 amide bonds. The van der Waals surface area contributed by atoms with Gasteiger partial charge in [0.15, 0.2) is 0 Å². The average Bonchev–Trinajstić information content (AvgIpc) is 2.54. The molecule has 0 bridgehead atoms. The minimum absolute atomic E-state index is 0.102. The van der Waals surface area contributed by atoms with Crippen molar-refractivity contribution in [3.05, 3.63) is 0 Å². The van der Waals surface area contributed by atoms with E-state index in [4.69, 9.17) is 4.74 Å². The molecule has 9 heteroatoms. The van der Waals surface area contributed by atoms with Gasteiger partial charge in [0.05, 0.1) is 12.1 Å². The van der Waals surface area contributed by atoms with Gasteiger partial charge in [0.25, 0.3) is 5.91 Å². The molecule has 0 aromatic heterocycles. The monoisotopic (exact) mass is 347 g/mol. The van der Waals surface area contributed by atoms with Crippen LogP contribution in [0.2, 0.25) is 0 Å².